The SMILES string of the molecule is Cc1cc(C)cc(N2C(=O)C3CCCCC3N(Cc3nc(-c4ccc(Cl)cc4)no3)C2=O)c1. The quantitative estimate of drug-likeness (QED) is 0.506. The number of hydrogen-bond donors (Lipinski definition) is 0. The molecular weight excluding hydrogens is 440 g/mol. The molecule has 0 bridgehead atoms. The minimum Gasteiger partial charge on any atom is -0.337 e. The largest absolute Gasteiger partial charge is 0.337 e. The van der Waals surface area contributed by atoms with Crippen molar-refractivity contribution in [1.82, 2.24) is 15.0 Å². The Kier molecular flexibility index (Phi) is 5.66. The van der Waals surface area contributed by atoms with Gasteiger partial charge in [-0.25, -0.2) is 9.69 Å². The van der Waals surface area contributed by atoms with Gasteiger partial charge >= 0.3 is 6.03 Å². The Bertz CT molecular complexity index is 1190. The molecule has 2 atom stereocenters. The van der Waals surface area contributed by atoms with Crippen molar-refractivity contribution < 1.29 is 14.1 Å². The molecule has 0 N–H and O–H groups in total. The van der Waals surface area contributed by atoms with Gasteiger partial charge in [-0.2, -0.15) is 4.98 Å². The molecule has 1 saturated carbocycles. The maximum atomic E-state index is 13.7. The first-order valence-electron chi connectivity index (χ1n) is 11.2. The standard InChI is InChI=1S/C25H25ClN4O3/c1-15-11-16(2)13-19(12-15)30-24(31)20-5-3-4-6-21(20)29(25(30)32)14-22-27-23(28-33-22)17-7-9-18(26)10-8-17/h7-13,20-21H,3-6,14H2,1-2H3. The zero-order chi connectivity index (χ0) is 23.1. The third-order valence-electron chi connectivity index (χ3n) is 6.45. The summed E-state index contributed by atoms with van der Waals surface area (Å²) in [6.07, 6.45) is 3.54. The molecule has 2 fully saturated rings. The number of imide groups is 1. The zero-order valence-electron chi connectivity index (χ0n) is 18.6. The predicted octanol–water partition coefficient (Wildman–Crippen LogP) is 5.53. The normalized spacial score (nSPS) is 20.8. The topological polar surface area (TPSA) is 79.5 Å². The van der Waals surface area contributed by atoms with Crippen molar-refractivity contribution in [2.24, 2.45) is 5.92 Å². The number of fused-ring (bicyclic) bond motifs is 1. The number of halogens is 1. The second kappa shape index (κ2) is 8.63. The molecule has 3 aromatic rings. The molecule has 2 aromatic carbocycles. The maximum absolute atomic E-state index is 13.7. The second-order valence-electron chi connectivity index (χ2n) is 8.91. The average molecular weight is 465 g/mol. The highest BCUT2D eigenvalue weighted by atomic mass is 35.5. The lowest BCUT2D eigenvalue weighted by Gasteiger charge is -2.46. The lowest BCUT2D eigenvalue weighted by atomic mass is 9.81. The number of carbonyl (C=O) groups is 2. The first-order chi connectivity index (χ1) is 15.9. The summed E-state index contributed by atoms with van der Waals surface area (Å²) in [4.78, 5) is 34.7. The molecule has 1 aliphatic heterocycles. The molecule has 1 saturated heterocycles. The van der Waals surface area contributed by atoms with Gasteiger partial charge in [-0.05, 0) is 74.2 Å². The smallest absolute Gasteiger partial charge is 0.332 e. The van der Waals surface area contributed by atoms with Crippen LogP contribution in [0.2, 0.25) is 5.02 Å². The number of rotatable bonds is 4. The van der Waals surface area contributed by atoms with E-state index in [1.807, 2.05) is 44.2 Å². The van der Waals surface area contributed by atoms with Crippen molar-refractivity contribution >= 4 is 29.2 Å². The number of nitrogens with zero attached hydrogens (tertiary/aromatic N) is 4. The van der Waals surface area contributed by atoms with E-state index in [2.05, 4.69) is 10.1 Å². The van der Waals surface area contributed by atoms with Crippen LogP contribution in [0.15, 0.2) is 47.0 Å². The van der Waals surface area contributed by atoms with Crippen LogP contribution in [0.25, 0.3) is 11.4 Å². The lowest BCUT2D eigenvalue weighted by molar-refractivity contribution is -0.127. The minimum atomic E-state index is -0.334. The Hall–Kier alpha value is -3.19. The van der Waals surface area contributed by atoms with Gasteiger partial charge in [-0.1, -0.05) is 35.7 Å². The molecular formula is C25H25ClN4O3. The van der Waals surface area contributed by atoms with Gasteiger partial charge < -0.3 is 9.42 Å². The molecule has 5 rings (SSSR count). The summed E-state index contributed by atoms with van der Waals surface area (Å²) < 4.78 is 5.49. The molecule has 33 heavy (non-hydrogen) atoms. The molecule has 8 heteroatoms. The Labute approximate surface area is 197 Å². The zero-order valence-corrected chi connectivity index (χ0v) is 19.4. The fourth-order valence-corrected chi connectivity index (χ4v) is 5.11. The minimum absolute atomic E-state index is 0.113. The first-order valence-corrected chi connectivity index (χ1v) is 11.6. The first kappa shape index (κ1) is 21.6. The lowest BCUT2D eigenvalue weighted by Crippen LogP contribution is -2.62. The number of aryl methyl sites for hydroxylation is 2. The summed E-state index contributed by atoms with van der Waals surface area (Å²) in [5.41, 5.74) is 3.41. The van der Waals surface area contributed by atoms with Crippen molar-refractivity contribution in [3.63, 3.8) is 0 Å². The molecule has 170 valence electrons. The van der Waals surface area contributed by atoms with E-state index >= 15 is 0 Å². The van der Waals surface area contributed by atoms with Crippen molar-refractivity contribution in [3.05, 3.63) is 64.5 Å². The Morgan fingerprint density at radius 3 is 2.45 bits per heavy atom. The third kappa shape index (κ3) is 4.13. The molecule has 3 amide bonds. The van der Waals surface area contributed by atoms with Crippen LogP contribution in [0, 0.1) is 19.8 Å². The molecule has 2 aliphatic rings. The summed E-state index contributed by atoms with van der Waals surface area (Å²) >= 11 is 5.97. The number of urea groups is 1. The van der Waals surface area contributed by atoms with Crippen LogP contribution in [-0.2, 0) is 11.3 Å². The number of aromatic nitrogens is 2. The summed E-state index contributed by atoms with van der Waals surface area (Å²) in [6.45, 7) is 4.09. The van der Waals surface area contributed by atoms with Gasteiger partial charge in [0.15, 0.2) is 0 Å². The molecule has 1 aromatic heterocycles. The van der Waals surface area contributed by atoms with E-state index in [0.717, 1.165) is 42.4 Å². The van der Waals surface area contributed by atoms with Gasteiger partial charge in [0.2, 0.25) is 17.6 Å². The van der Waals surface area contributed by atoms with Gasteiger partial charge in [-0.3, -0.25) is 4.79 Å². The summed E-state index contributed by atoms with van der Waals surface area (Å²) in [7, 11) is 0. The molecule has 2 heterocycles. The van der Waals surface area contributed by atoms with Crippen LogP contribution in [0.4, 0.5) is 10.5 Å². The number of hydrogen-bond acceptors (Lipinski definition) is 5. The van der Waals surface area contributed by atoms with Crippen LogP contribution in [0.5, 0.6) is 0 Å². The van der Waals surface area contributed by atoms with Gasteiger partial charge in [0.25, 0.3) is 0 Å². The Morgan fingerprint density at radius 1 is 1.03 bits per heavy atom. The highest BCUT2D eigenvalue weighted by Crippen LogP contribution is 2.37. The van der Waals surface area contributed by atoms with Crippen molar-refractivity contribution in [3.8, 4) is 11.4 Å². The second-order valence-corrected chi connectivity index (χ2v) is 9.34. The molecule has 0 radical (unpaired) electrons. The highest BCUT2D eigenvalue weighted by Gasteiger charge is 2.48. The van der Waals surface area contributed by atoms with Crippen LogP contribution in [-0.4, -0.2) is 33.0 Å². The molecule has 2 unspecified atom stereocenters. The van der Waals surface area contributed by atoms with Crippen molar-refractivity contribution in [2.45, 2.75) is 52.1 Å². The van der Waals surface area contributed by atoms with Crippen molar-refractivity contribution in [1.29, 1.82) is 0 Å². The van der Waals surface area contributed by atoms with Crippen LogP contribution < -0.4 is 4.90 Å². The van der Waals surface area contributed by atoms with E-state index in [0.29, 0.717) is 22.4 Å². The fourth-order valence-electron chi connectivity index (χ4n) is 4.99. The van der Waals surface area contributed by atoms with Gasteiger partial charge in [0, 0.05) is 16.6 Å². The third-order valence-corrected chi connectivity index (χ3v) is 6.70. The Balaban J connectivity index is 1.47. The maximum Gasteiger partial charge on any atom is 0.332 e. The predicted molar refractivity (Wildman–Crippen MR) is 125 cm³/mol. The van der Waals surface area contributed by atoms with Crippen LogP contribution >= 0.6 is 11.6 Å². The van der Waals surface area contributed by atoms with Gasteiger partial charge in [0.1, 0.15) is 6.54 Å². The average Bonchev–Trinajstić information content (AvgIpc) is 3.25. The van der Waals surface area contributed by atoms with Crippen molar-refractivity contribution in [2.75, 3.05) is 4.90 Å². The fraction of sp³-hybridized carbons (Fsp3) is 0.360. The van der Waals surface area contributed by atoms with Gasteiger partial charge in [-0.15, -0.1) is 0 Å². The van der Waals surface area contributed by atoms with E-state index in [1.54, 1.807) is 17.0 Å². The van der Waals surface area contributed by atoms with Crippen LogP contribution in [0.1, 0.15) is 42.7 Å². The van der Waals surface area contributed by atoms with E-state index in [1.165, 1.54) is 4.90 Å². The van der Waals surface area contributed by atoms with E-state index in [4.69, 9.17) is 16.1 Å². The highest BCUT2D eigenvalue weighted by molar-refractivity contribution is 6.30. The van der Waals surface area contributed by atoms with Crippen LogP contribution in [0.3, 0.4) is 0 Å². The monoisotopic (exact) mass is 464 g/mol. The number of amides is 3. The van der Waals surface area contributed by atoms with E-state index < -0.39 is 0 Å². The summed E-state index contributed by atoms with van der Waals surface area (Å²) in [6, 6.07) is 12.5. The summed E-state index contributed by atoms with van der Waals surface area (Å²) in [5, 5.41) is 4.70. The number of anilines is 1. The Morgan fingerprint density at radius 2 is 1.73 bits per heavy atom. The van der Waals surface area contributed by atoms with E-state index in [9.17, 15) is 9.59 Å². The summed E-state index contributed by atoms with van der Waals surface area (Å²) in [5.74, 6) is 0.440. The molecule has 1 aliphatic carbocycles. The molecule has 0 spiro atoms. The number of carbonyl (C=O) groups excluding carboxylic acids is 2. The van der Waals surface area contributed by atoms with E-state index in [-0.39, 0.29) is 30.4 Å². The molecule has 7 nitrogen and oxygen atoms in total. The van der Waals surface area contributed by atoms with Gasteiger partial charge in [0.05, 0.1) is 11.6 Å². The number of benzene rings is 2.